The Morgan fingerprint density at radius 1 is 1.18 bits per heavy atom. The van der Waals surface area contributed by atoms with Gasteiger partial charge in [0.15, 0.2) is 11.5 Å². The van der Waals surface area contributed by atoms with Crippen LogP contribution in [0, 0.1) is 11.7 Å². The average molecular weight is 302 g/mol. The van der Waals surface area contributed by atoms with Crippen molar-refractivity contribution in [3.63, 3.8) is 0 Å². The number of rotatable bonds is 3. The van der Waals surface area contributed by atoms with Gasteiger partial charge in [-0.05, 0) is 43.9 Å². The van der Waals surface area contributed by atoms with Crippen LogP contribution in [-0.4, -0.2) is 29.5 Å². The van der Waals surface area contributed by atoms with E-state index in [1.807, 2.05) is 0 Å². The van der Waals surface area contributed by atoms with Crippen LogP contribution in [0.5, 0.6) is 0 Å². The minimum Gasteiger partial charge on any atom is -0.440 e. The van der Waals surface area contributed by atoms with Gasteiger partial charge in [0, 0.05) is 25.1 Å². The van der Waals surface area contributed by atoms with Crippen LogP contribution in [0.15, 0.2) is 22.6 Å². The largest absolute Gasteiger partial charge is 0.440 e. The second kappa shape index (κ2) is 5.99. The predicted molar refractivity (Wildman–Crippen MR) is 84.3 cm³/mol. The van der Waals surface area contributed by atoms with Gasteiger partial charge < -0.3 is 9.32 Å². The van der Waals surface area contributed by atoms with Crippen LogP contribution in [0.1, 0.15) is 50.3 Å². The predicted octanol–water partition coefficient (Wildman–Crippen LogP) is 4.34. The van der Waals surface area contributed by atoms with Crippen molar-refractivity contribution in [3.8, 4) is 0 Å². The summed E-state index contributed by atoms with van der Waals surface area (Å²) < 4.78 is 19.1. The molecule has 0 amide bonds. The number of halogens is 1. The van der Waals surface area contributed by atoms with Gasteiger partial charge in [0.2, 0.25) is 0 Å². The van der Waals surface area contributed by atoms with Crippen molar-refractivity contribution in [2.75, 3.05) is 19.6 Å². The van der Waals surface area contributed by atoms with Crippen molar-refractivity contribution >= 4 is 11.1 Å². The van der Waals surface area contributed by atoms with Gasteiger partial charge in [-0.2, -0.15) is 0 Å². The van der Waals surface area contributed by atoms with Gasteiger partial charge in [0.25, 0.3) is 0 Å². The van der Waals surface area contributed by atoms with E-state index in [-0.39, 0.29) is 5.82 Å². The quantitative estimate of drug-likeness (QED) is 0.844. The zero-order valence-corrected chi connectivity index (χ0v) is 12.9. The van der Waals surface area contributed by atoms with Gasteiger partial charge in [0.05, 0.1) is 0 Å². The van der Waals surface area contributed by atoms with Crippen molar-refractivity contribution in [3.05, 3.63) is 29.9 Å². The third-order valence-corrected chi connectivity index (χ3v) is 5.23. The van der Waals surface area contributed by atoms with E-state index in [9.17, 15) is 4.39 Å². The van der Waals surface area contributed by atoms with E-state index in [1.165, 1.54) is 50.8 Å². The van der Waals surface area contributed by atoms with E-state index in [0.717, 1.165) is 31.3 Å². The summed E-state index contributed by atoms with van der Waals surface area (Å²) in [6.07, 6.45) is 8.10. The SMILES string of the molecule is Fc1ccc2oc(C3CCN(CC4CCCCC4)C3)nc2c1. The molecule has 4 rings (SSSR count). The molecular weight excluding hydrogens is 279 g/mol. The molecule has 2 heterocycles. The Morgan fingerprint density at radius 2 is 2.05 bits per heavy atom. The lowest BCUT2D eigenvalue weighted by Crippen LogP contribution is -2.28. The summed E-state index contributed by atoms with van der Waals surface area (Å²) in [5.74, 6) is 1.77. The Bertz CT molecular complexity index is 648. The van der Waals surface area contributed by atoms with Gasteiger partial charge in [-0.3, -0.25) is 0 Å². The van der Waals surface area contributed by atoms with Crippen LogP contribution in [0.2, 0.25) is 0 Å². The second-order valence-corrected chi connectivity index (χ2v) is 6.91. The Morgan fingerprint density at radius 3 is 2.91 bits per heavy atom. The number of hydrogen-bond acceptors (Lipinski definition) is 3. The molecule has 1 aliphatic carbocycles. The van der Waals surface area contributed by atoms with E-state index < -0.39 is 0 Å². The summed E-state index contributed by atoms with van der Waals surface area (Å²) in [7, 11) is 0. The summed E-state index contributed by atoms with van der Waals surface area (Å²) in [5.41, 5.74) is 1.34. The van der Waals surface area contributed by atoms with Gasteiger partial charge >= 0.3 is 0 Å². The maximum atomic E-state index is 13.3. The summed E-state index contributed by atoms with van der Waals surface area (Å²) in [4.78, 5) is 7.07. The molecule has 1 saturated carbocycles. The Kier molecular flexibility index (Phi) is 3.87. The summed E-state index contributed by atoms with van der Waals surface area (Å²) in [6.45, 7) is 3.39. The molecule has 0 bridgehead atoms. The van der Waals surface area contributed by atoms with E-state index in [2.05, 4.69) is 9.88 Å². The number of oxazole rings is 1. The molecule has 2 fully saturated rings. The van der Waals surface area contributed by atoms with E-state index in [4.69, 9.17) is 4.42 Å². The second-order valence-electron chi connectivity index (χ2n) is 6.91. The van der Waals surface area contributed by atoms with Gasteiger partial charge in [-0.25, -0.2) is 9.37 Å². The number of benzene rings is 1. The monoisotopic (exact) mass is 302 g/mol. The number of likely N-dealkylation sites (tertiary alicyclic amines) is 1. The van der Waals surface area contributed by atoms with Crippen LogP contribution in [0.25, 0.3) is 11.1 Å². The highest BCUT2D eigenvalue weighted by Crippen LogP contribution is 2.31. The molecule has 2 aliphatic rings. The molecular formula is C18H23FN2O. The summed E-state index contributed by atoms with van der Waals surface area (Å²) in [6, 6.07) is 4.56. The Labute approximate surface area is 130 Å². The fourth-order valence-electron chi connectivity index (χ4n) is 4.03. The molecule has 2 aromatic rings. The first-order valence-corrected chi connectivity index (χ1v) is 8.56. The van der Waals surface area contributed by atoms with Crippen molar-refractivity contribution in [2.45, 2.75) is 44.4 Å². The van der Waals surface area contributed by atoms with Crippen molar-refractivity contribution in [2.24, 2.45) is 5.92 Å². The van der Waals surface area contributed by atoms with E-state index in [0.29, 0.717) is 17.0 Å². The molecule has 0 radical (unpaired) electrons. The highest BCUT2D eigenvalue weighted by atomic mass is 19.1. The lowest BCUT2D eigenvalue weighted by atomic mass is 9.89. The van der Waals surface area contributed by atoms with Crippen molar-refractivity contribution in [1.82, 2.24) is 9.88 Å². The Balaban J connectivity index is 1.42. The molecule has 118 valence electrons. The molecule has 1 saturated heterocycles. The van der Waals surface area contributed by atoms with Crippen molar-refractivity contribution < 1.29 is 8.81 Å². The summed E-state index contributed by atoms with van der Waals surface area (Å²) >= 11 is 0. The average Bonchev–Trinajstić information content (AvgIpc) is 3.14. The topological polar surface area (TPSA) is 29.3 Å². The normalized spacial score (nSPS) is 24.3. The maximum absolute atomic E-state index is 13.3. The third kappa shape index (κ3) is 2.89. The molecule has 4 heteroatoms. The highest BCUT2D eigenvalue weighted by Gasteiger charge is 2.29. The van der Waals surface area contributed by atoms with Gasteiger partial charge in [0.1, 0.15) is 11.3 Å². The van der Waals surface area contributed by atoms with Gasteiger partial charge in [-0.1, -0.05) is 19.3 Å². The van der Waals surface area contributed by atoms with Gasteiger partial charge in [-0.15, -0.1) is 0 Å². The van der Waals surface area contributed by atoms with E-state index in [1.54, 1.807) is 6.07 Å². The number of aromatic nitrogens is 1. The first-order valence-electron chi connectivity index (χ1n) is 8.56. The van der Waals surface area contributed by atoms with Crippen LogP contribution in [0.4, 0.5) is 4.39 Å². The zero-order valence-electron chi connectivity index (χ0n) is 12.9. The lowest BCUT2D eigenvalue weighted by molar-refractivity contribution is 0.230. The van der Waals surface area contributed by atoms with Crippen LogP contribution >= 0.6 is 0 Å². The lowest BCUT2D eigenvalue weighted by Gasteiger charge is -2.26. The number of nitrogens with zero attached hydrogens (tertiary/aromatic N) is 2. The smallest absolute Gasteiger partial charge is 0.199 e. The molecule has 0 spiro atoms. The van der Waals surface area contributed by atoms with Crippen LogP contribution in [0.3, 0.4) is 0 Å². The highest BCUT2D eigenvalue weighted by molar-refractivity contribution is 5.72. The molecule has 1 aliphatic heterocycles. The van der Waals surface area contributed by atoms with Crippen molar-refractivity contribution in [1.29, 1.82) is 0 Å². The standard InChI is InChI=1S/C18H23FN2O/c19-15-6-7-17-16(10-15)20-18(22-17)14-8-9-21(12-14)11-13-4-2-1-3-5-13/h6-7,10,13-14H,1-5,8-9,11-12H2. The van der Waals surface area contributed by atoms with Crippen LogP contribution in [-0.2, 0) is 0 Å². The fraction of sp³-hybridized carbons (Fsp3) is 0.611. The molecule has 3 nitrogen and oxygen atoms in total. The zero-order chi connectivity index (χ0) is 14.9. The molecule has 1 aromatic carbocycles. The third-order valence-electron chi connectivity index (χ3n) is 5.23. The Hall–Kier alpha value is -1.42. The molecule has 22 heavy (non-hydrogen) atoms. The number of fused-ring (bicyclic) bond motifs is 1. The molecule has 1 aromatic heterocycles. The molecule has 1 atom stereocenters. The maximum Gasteiger partial charge on any atom is 0.199 e. The fourth-order valence-corrected chi connectivity index (χ4v) is 4.03. The minimum atomic E-state index is -0.252. The van der Waals surface area contributed by atoms with Crippen LogP contribution < -0.4 is 0 Å². The number of hydrogen-bond donors (Lipinski definition) is 0. The summed E-state index contributed by atoms with van der Waals surface area (Å²) in [5, 5.41) is 0. The van der Waals surface area contributed by atoms with E-state index >= 15 is 0 Å². The molecule has 0 N–H and O–H groups in total. The first-order chi connectivity index (χ1) is 10.8. The molecule has 1 unspecified atom stereocenters. The minimum absolute atomic E-state index is 0.252. The first kappa shape index (κ1) is 14.2.